The highest BCUT2D eigenvalue weighted by Gasteiger charge is 2.29. The molecule has 1 aliphatic rings. The molecule has 4 rings (SSSR count). The Labute approximate surface area is 172 Å². The van der Waals surface area contributed by atoms with Crippen LogP contribution >= 0.6 is 0 Å². The van der Waals surface area contributed by atoms with E-state index in [-0.39, 0.29) is 11.9 Å². The number of carbonyl (C=O) groups is 1. The summed E-state index contributed by atoms with van der Waals surface area (Å²) in [4.78, 5) is 14.6. The predicted molar refractivity (Wildman–Crippen MR) is 116 cm³/mol. The van der Waals surface area contributed by atoms with Crippen LogP contribution in [0.15, 0.2) is 54.7 Å². The summed E-state index contributed by atoms with van der Waals surface area (Å²) in [6.07, 6.45) is 2.93. The Kier molecular flexibility index (Phi) is 5.49. The molecule has 150 valence electrons. The minimum Gasteiger partial charge on any atom is -0.353 e. The first-order valence-corrected chi connectivity index (χ1v) is 10.3. The molecular weight excluding hydrogens is 360 g/mol. The Morgan fingerprint density at radius 3 is 2.69 bits per heavy atom. The van der Waals surface area contributed by atoms with Gasteiger partial charge in [-0.1, -0.05) is 49.4 Å². The van der Waals surface area contributed by atoms with Crippen LogP contribution in [0.4, 0.5) is 0 Å². The normalized spacial score (nSPS) is 17.3. The van der Waals surface area contributed by atoms with Gasteiger partial charge in [-0.3, -0.25) is 9.69 Å². The van der Waals surface area contributed by atoms with Crippen molar-refractivity contribution in [3.05, 3.63) is 71.4 Å². The molecule has 2 heterocycles. The third-order valence-electron chi connectivity index (χ3n) is 5.65. The number of hydrogen-bond donors (Lipinski definition) is 1. The Hall–Kier alpha value is -2.92. The first-order valence-electron chi connectivity index (χ1n) is 10.3. The minimum atomic E-state index is -0.0866. The molecule has 5 nitrogen and oxygen atoms in total. The van der Waals surface area contributed by atoms with E-state index in [9.17, 15) is 4.79 Å². The lowest BCUT2D eigenvalue weighted by atomic mass is 10.1. The molecule has 1 amide bonds. The van der Waals surface area contributed by atoms with E-state index in [0.29, 0.717) is 13.1 Å². The van der Waals surface area contributed by atoms with Gasteiger partial charge < -0.3 is 5.32 Å². The van der Waals surface area contributed by atoms with Crippen molar-refractivity contribution in [3.8, 4) is 16.9 Å². The Bertz CT molecular complexity index is 1010. The van der Waals surface area contributed by atoms with Crippen LogP contribution in [-0.4, -0.2) is 39.7 Å². The van der Waals surface area contributed by atoms with Crippen molar-refractivity contribution in [2.45, 2.75) is 39.8 Å². The van der Waals surface area contributed by atoms with Gasteiger partial charge in [-0.15, -0.1) is 0 Å². The maximum absolute atomic E-state index is 12.3. The smallest absolute Gasteiger partial charge is 0.237 e. The number of hydrogen-bond acceptors (Lipinski definition) is 3. The van der Waals surface area contributed by atoms with Crippen LogP contribution in [0.3, 0.4) is 0 Å². The number of amides is 1. The topological polar surface area (TPSA) is 50.2 Å². The first kappa shape index (κ1) is 19.4. The second kappa shape index (κ2) is 8.21. The molecule has 0 spiro atoms. The van der Waals surface area contributed by atoms with Crippen LogP contribution in [0.5, 0.6) is 0 Å². The third kappa shape index (κ3) is 3.96. The number of aromatic nitrogens is 2. The Morgan fingerprint density at radius 1 is 1.14 bits per heavy atom. The molecule has 0 bridgehead atoms. The monoisotopic (exact) mass is 388 g/mol. The van der Waals surface area contributed by atoms with Gasteiger partial charge in [0, 0.05) is 37.0 Å². The number of rotatable bonds is 5. The average molecular weight is 389 g/mol. The zero-order valence-electron chi connectivity index (χ0n) is 17.4. The molecule has 1 N–H and O–H groups in total. The van der Waals surface area contributed by atoms with Crippen molar-refractivity contribution in [2.75, 3.05) is 13.1 Å². The third-order valence-corrected chi connectivity index (χ3v) is 5.65. The molecule has 1 atom stereocenters. The van der Waals surface area contributed by atoms with Crippen LogP contribution in [0.2, 0.25) is 0 Å². The van der Waals surface area contributed by atoms with Gasteiger partial charge in [0.1, 0.15) is 0 Å². The maximum atomic E-state index is 12.3. The van der Waals surface area contributed by atoms with Crippen LogP contribution in [0.25, 0.3) is 16.9 Å². The fourth-order valence-corrected chi connectivity index (χ4v) is 4.07. The van der Waals surface area contributed by atoms with Gasteiger partial charge >= 0.3 is 0 Å². The summed E-state index contributed by atoms with van der Waals surface area (Å²) in [5.41, 5.74) is 6.71. The van der Waals surface area contributed by atoms with E-state index in [4.69, 9.17) is 5.10 Å². The molecule has 1 aliphatic heterocycles. The summed E-state index contributed by atoms with van der Waals surface area (Å²) >= 11 is 0. The van der Waals surface area contributed by atoms with E-state index in [2.05, 4.69) is 67.5 Å². The van der Waals surface area contributed by atoms with Crippen molar-refractivity contribution in [2.24, 2.45) is 0 Å². The summed E-state index contributed by atoms with van der Waals surface area (Å²) in [7, 11) is 0. The summed E-state index contributed by atoms with van der Waals surface area (Å²) in [5, 5.41) is 7.97. The van der Waals surface area contributed by atoms with Crippen LogP contribution in [0, 0.1) is 13.8 Å². The standard InChI is InChI=1S/C24H28N4O/c1-4-21-24(29)25-12-13-27(21)15-20-16-28(22-14-17(2)10-11-18(22)3)26-23(20)19-8-6-5-7-9-19/h5-11,14,16,21H,4,12-13,15H2,1-3H3,(H,25,29). The van der Waals surface area contributed by atoms with E-state index < -0.39 is 0 Å². The summed E-state index contributed by atoms with van der Waals surface area (Å²) in [5.74, 6) is 0.127. The van der Waals surface area contributed by atoms with Crippen molar-refractivity contribution < 1.29 is 4.79 Å². The maximum Gasteiger partial charge on any atom is 0.237 e. The number of aryl methyl sites for hydroxylation is 2. The van der Waals surface area contributed by atoms with Gasteiger partial charge in [0.2, 0.25) is 5.91 Å². The van der Waals surface area contributed by atoms with Crippen molar-refractivity contribution >= 4 is 5.91 Å². The second-order valence-corrected chi connectivity index (χ2v) is 7.79. The SMILES string of the molecule is CCC1C(=O)NCCN1Cc1cn(-c2cc(C)ccc2C)nc1-c1ccccc1. The zero-order chi connectivity index (χ0) is 20.4. The fourth-order valence-electron chi connectivity index (χ4n) is 4.07. The van der Waals surface area contributed by atoms with Gasteiger partial charge in [0.05, 0.1) is 17.4 Å². The van der Waals surface area contributed by atoms with E-state index >= 15 is 0 Å². The summed E-state index contributed by atoms with van der Waals surface area (Å²) in [6.45, 7) is 8.54. The number of nitrogens with one attached hydrogen (secondary N) is 1. The highest BCUT2D eigenvalue weighted by atomic mass is 16.2. The molecule has 2 aromatic carbocycles. The Morgan fingerprint density at radius 2 is 1.93 bits per heavy atom. The number of nitrogens with zero attached hydrogens (tertiary/aromatic N) is 3. The highest BCUT2D eigenvalue weighted by molar-refractivity contribution is 5.82. The molecule has 1 saturated heterocycles. The van der Waals surface area contributed by atoms with Gasteiger partial charge in [-0.05, 0) is 37.5 Å². The van der Waals surface area contributed by atoms with E-state index in [1.54, 1.807) is 0 Å². The second-order valence-electron chi connectivity index (χ2n) is 7.79. The van der Waals surface area contributed by atoms with E-state index in [0.717, 1.165) is 35.5 Å². The van der Waals surface area contributed by atoms with Gasteiger partial charge in [0.15, 0.2) is 0 Å². The minimum absolute atomic E-state index is 0.0866. The molecule has 1 aromatic heterocycles. The fraction of sp³-hybridized carbons (Fsp3) is 0.333. The molecule has 29 heavy (non-hydrogen) atoms. The molecular formula is C24H28N4O. The summed E-state index contributed by atoms with van der Waals surface area (Å²) in [6, 6.07) is 16.6. The van der Waals surface area contributed by atoms with Crippen LogP contribution in [0.1, 0.15) is 30.0 Å². The molecule has 0 radical (unpaired) electrons. The van der Waals surface area contributed by atoms with E-state index in [1.165, 1.54) is 11.1 Å². The molecule has 0 aliphatic carbocycles. The summed E-state index contributed by atoms with van der Waals surface area (Å²) < 4.78 is 1.99. The van der Waals surface area contributed by atoms with Crippen LogP contribution in [-0.2, 0) is 11.3 Å². The lowest BCUT2D eigenvalue weighted by Gasteiger charge is -2.34. The number of benzene rings is 2. The van der Waals surface area contributed by atoms with Gasteiger partial charge in [-0.2, -0.15) is 5.10 Å². The van der Waals surface area contributed by atoms with E-state index in [1.807, 2.05) is 22.9 Å². The zero-order valence-corrected chi connectivity index (χ0v) is 17.4. The van der Waals surface area contributed by atoms with Gasteiger partial charge in [-0.25, -0.2) is 4.68 Å². The van der Waals surface area contributed by atoms with Gasteiger partial charge in [0.25, 0.3) is 0 Å². The lowest BCUT2D eigenvalue weighted by molar-refractivity contribution is -0.129. The largest absolute Gasteiger partial charge is 0.353 e. The van der Waals surface area contributed by atoms with Crippen LogP contribution < -0.4 is 5.32 Å². The quantitative estimate of drug-likeness (QED) is 0.722. The number of piperazine rings is 1. The van der Waals surface area contributed by atoms with Crippen molar-refractivity contribution in [3.63, 3.8) is 0 Å². The Balaban J connectivity index is 1.76. The van der Waals surface area contributed by atoms with Crippen molar-refractivity contribution in [1.29, 1.82) is 0 Å². The average Bonchev–Trinajstić information content (AvgIpc) is 3.14. The first-order chi connectivity index (χ1) is 14.1. The highest BCUT2D eigenvalue weighted by Crippen LogP contribution is 2.27. The number of carbonyl (C=O) groups excluding carboxylic acids is 1. The predicted octanol–water partition coefficient (Wildman–Crippen LogP) is 3.87. The molecule has 1 fully saturated rings. The molecule has 1 unspecified atom stereocenters. The molecule has 5 heteroatoms. The molecule has 3 aromatic rings. The lowest BCUT2D eigenvalue weighted by Crippen LogP contribution is -2.54. The van der Waals surface area contributed by atoms with Crippen molar-refractivity contribution in [1.82, 2.24) is 20.0 Å². The molecule has 0 saturated carbocycles.